The Bertz CT molecular complexity index is 418. The molecule has 0 saturated carbocycles. The summed E-state index contributed by atoms with van der Waals surface area (Å²) >= 11 is 0. The molecule has 0 aliphatic rings. The summed E-state index contributed by atoms with van der Waals surface area (Å²) in [6.45, 7) is 0.227. The standard InChI is InChI=1S/C7H9NOS2.C6H6O.Y/c9-5-6-10-11-7-3-1-2-4-8-7;7-6-4-2-1-3-5-6;/h1-4,9H,5-6H2;1-5,7H;. The molecule has 0 atom stereocenters. The molecule has 3 nitrogen and oxygen atoms in total. The van der Waals surface area contributed by atoms with Crippen LogP contribution in [0.5, 0.6) is 5.75 Å². The molecule has 2 N–H and O–H groups in total. The number of pyridine rings is 1. The molecule has 99 valence electrons. The van der Waals surface area contributed by atoms with Gasteiger partial charge in [-0.3, -0.25) is 0 Å². The molecule has 0 spiro atoms. The summed E-state index contributed by atoms with van der Waals surface area (Å²) in [7, 11) is 3.20. The van der Waals surface area contributed by atoms with Gasteiger partial charge in [-0.25, -0.2) is 4.98 Å². The van der Waals surface area contributed by atoms with Crippen LogP contribution in [0.2, 0.25) is 0 Å². The Morgan fingerprint density at radius 1 is 1.00 bits per heavy atom. The van der Waals surface area contributed by atoms with E-state index in [2.05, 4.69) is 4.98 Å². The number of aliphatic hydroxyl groups is 1. The summed E-state index contributed by atoms with van der Waals surface area (Å²) in [5.41, 5.74) is 0. The maximum absolute atomic E-state index is 8.63. The van der Waals surface area contributed by atoms with Crippen molar-refractivity contribution >= 4 is 21.6 Å². The van der Waals surface area contributed by atoms with Crippen molar-refractivity contribution in [3.8, 4) is 5.75 Å². The van der Waals surface area contributed by atoms with Crippen LogP contribution in [0, 0.1) is 0 Å². The fourth-order valence-corrected chi connectivity index (χ4v) is 2.61. The Labute approximate surface area is 146 Å². The van der Waals surface area contributed by atoms with Gasteiger partial charge in [-0.2, -0.15) is 0 Å². The van der Waals surface area contributed by atoms with E-state index >= 15 is 0 Å². The van der Waals surface area contributed by atoms with Crippen molar-refractivity contribution in [2.45, 2.75) is 5.03 Å². The molecule has 2 aromatic rings. The van der Waals surface area contributed by atoms with Crippen molar-refractivity contribution in [1.29, 1.82) is 0 Å². The predicted octanol–water partition coefficient (Wildman–Crippen LogP) is 3.20. The molecule has 0 bridgehead atoms. The topological polar surface area (TPSA) is 53.4 Å². The molecule has 0 amide bonds. The fourth-order valence-electron chi connectivity index (χ4n) is 0.964. The molecule has 0 fully saturated rings. The number of nitrogens with zero attached hydrogens (tertiary/aromatic N) is 1. The molecular weight excluding hydrogens is 355 g/mol. The third-order valence-electron chi connectivity index (χ3n) is 1.71. The molecule has 0 aliphatic carbocycles. The maximum Gasteiger partial charge on any atom is 0.115 e. The Kier molecular flexibility index (Phi) is 12.9. The SMILES string of the molecule is OCCSSc1ccccn1.Oc1ccccc1.[Y]. The number of aromatic nitrogens is 1. The van der Waals surface area contributed by atoms with Crippen molar-refractivity contribution in [3.63, 3.8) is 0 Å². The Hall–Kier alpha value is -0.0661. The van der Waals surface area contributed by atoms with Gasteiger partial charge in [-0.15, -0.1) is 0 Å². The van der Waals surface area contributed by atoms with E-state index < -0.39 is 0 Å². The largest absolute Gasteiger partial charge is 0.508 e. The number of rotatable bonds is 4. The van der Waals surface area contributed by atoms with Gasteiger partial charge in [0, 0.05) is 44.7 Å². The number of benzene rings is 1. The normalized spacial score (nSPS) is 8.89. The zero-order valence-corrected chi connectivity index (χ0v) is 14.8. The van der Waals surface area contributed by atoms with Gasteiger partial charge in [0.05, 0.1) is 6.61 Å². The van der Waals surface area contributed by atoms with E-state index in [9.17, 15) is 0 Å². The number of aliphatic hydroxyl groups excluding tert-OH is 1. The molecule has 0 saturated heterocycles. The second-order valence-corrected chi connectivity index (χ2v) is 5.57. The van der Waals surface area contributed by atoms with Gasteiger partial charge in [0.2, 0.25) is 0 Å². The van der Waals surface area contributed by atoms with Crippen molar-refractivity contribution in [3.05, 3.63) is 54.7 Å². The first kappa shape index (κ1) is 18.9. The van der Waals surface area contributed by atoms with Crippen LogP contribution in [-0.4, -0.2) is 27.6 Å². The molecule has 1 heterocycles. The average molecular weight is 370 g/mol. The maximum atomic E-state index is 8.63. The van der Waals surface area contributed by atoms with E-state index in [0.29, 0.717) is 5.75 Å². The van der Waals surface area contributed by atoms with Crippen LogP contribution in [0.1, 0.15) is 0 Å². The molecular formula is C13H15NO2S2Y. The smallest absolute Gasteiger partial charge is 0.115 e. The minimum absolute atomic E-state index is 0. The first-order chi connectivity index (χ1) is 8.83. The third kappa shape index (κ3) is 10.4. The average Bonchev–Trinajstić information content (AvgIpc) is 2.42. The second kappa shape index (κ2) is 12.9. The van der Waals surface area contributed by atoms with Crippen molar-refractivity contribution in [2.24, 2.45) is 0 Å². The Morgan fingerprint density at radius 2 is 1.68 bits per heavy atom. The van der Waals surface area contributed by atoms with Gasteiger partial charge in [0.1, 0.15) is 10.8 Å². The molecule has 2 rings (SSSR count). The van der Waals surface area contributed by atoms with Crippen LogP contribution in [0.4, 0.5) is 0 Å². The van der Waals surface area contributed by atoms with Gasteiger partial charge in [-0.1, -0.05) is 35.1 Å². The number of hydrogen-bond acceptors (Lipinski definition) is 5. The van der Waals surface area contributed by atoms with Crippen molar-refractivity contribution < 1.29 is 42.9 Å². The van der Waals surface area contributed by atoms with E-state index in [1.54, 1.807) is 52.1 Å². The summed E-state index contributed by atoms with van der Waals surface area (Å²) in [5.74, 6) is 1.07. The number of hydrogen-bond donors (Lipinski definition) is 2. The molecule has 1 aromatic heterocycles. The van der Waals surface area contributed by atoms with E-state index in [1.807, 2.05) is 24.3 Å². The van der Waals surface area contributed by atoms with Crippen LogP contribution < -0.4 is 0 Å². The Balaban J connectivity index is 0.000000352. The second-order valence-electron chi connectivity index (χ2n) is 3.13. The zero-order valence-electron chi connectivity index (χ0n) is 10.3. The van der Waals surface area contributed by atoms with E-state index in [0.717, 1.165) is 10.8 Å². The zero-order chi connectivity index (χ0) is 13.1. The summed E-state index contributed by atoms with van der Waals surface area (Å²) in [6, 6.07) is 14.5. The van der Waals surface area contributed by atoms with Crippen molar-refractivity contribution in [2.75, 3.05) is 12.4 Å². The Morgan fingerprint density at radius 3 is 2.16 bits per heavy atom. The third-order valence-corrected chi connectivity index (χ3v) is 3.96. The van der Waals surface area contributed by atoms with Crippen LogP contribution in [0.3, 0.4) is 0 Å². The van der Waals surface area contributed by atoms with Crippen LogP contribution in [-0.2, 0) is 32.7 Å². The minimum Gasteiger partial charge on any atom is -0.508 e. The molecule has 6 heteroatoms. The van der Waals surface area contributed by atoms with Gasteiger partial charge in [0.15, 0.2) is 0 Å². The van der Waals surface area contributed by atoms with Gasteiger partial charge >= 0.3 is 0 Å². The predicted molar refractivity (Wildman–Crippen MR) is 77.7 cm³/mol. The quantitative estimate of drug-likeness (QED) is 0.640. The first-order valence-electron chi connectivity index (χ1n) is 5.38. The summed E-state index contributed by atoms with van der Waals surface area (Å²) in [4.78, 5) is 4.11. The number of para-hydroxylation sites is 1. The number of aromatic hydroxyl groups is 1. The minimum atomic E-state index is 0. The molecule has 1 aromatic carbocycles. The molecule has 1 radical (unpaired) electrons. The van der Waals surface area contributed by atoms with Crippen LogP contribution in [0.15, 0.2) is 59.8 Å². The van der Waals surface area contributed by atoms with Crippen LogP contribution in [0.25, 0.3) is 0 Å². The fraction of sp³-hybridized carbons (Fsp3) is 0.154. The van der Waals surface area contributed by atoms with Gasteiger partial charge < -0.3 is 10.2 Å². The van der Waals surface area contributed by atoms with Crippen molar-refractivity contribution in [1.82, 2.24) is 4.98 Å². The number of phenols is 1. The van der Waals surface area contributed by atoms with Gasteiger partial charge in [0.25, 0.3) is 0 Å². The molecule has 0 unspecified atom stereocenters. The monoisotopic (exact) mass is 370 g/mol. The van der Waals surface area contributed by atoms with E-state index in [4.69, 9.17) is 10.2 Å². The summed E-state index contributed by atoms with van der Waals surface area (Å²) < 4.78 is 0. The summed E-state index contributed by atoms with van der Waals surface area (Å²) in [5, 5.41) is 18.1. The van der Waals surface area contributed by atoms with E-state index in [1.165, 1.54) is 0 Å². The summed E-state index contributed by atoms with van der Waals surface area (Å²) in [6.07, 6.45) is 1.77. The first-order valence-corrected chi connectivity index (χ1v) is 7.70. The molecule has 19 heavy (non-hydrogen) atoms. The van der Waals surface area contributed by atoms with Gasteiger partial charge in [-0.05, 0) is 35.1 Å². The van der Waals surface area contributed by atoms with Crippen LogP contribution >= 0.6 is 21.6 Å². The molecule has 0 aliphatic heterocycles. The number of phenolic OH excluding ortho intramolecular Hbond substituents is 1. The van der Waals surface area contributed by atoms with E-state index in [-0.39, 0.29) is 39.3 Å².